The average Bonchev–Trinajstić information content (AvgIpc) is 2.86. The third-order valence-electron chi connectivity index (χ3n) is 6.20. The molecular weight excluding hydrogens is 404 g/mol. The summed E-state index contributed by atoms with van der Waals surface area (Å²) in [6.07, 6.45) is 1.41. The number of amides is 2. The summed E-state index contributed by atoms with van der Waals surface area (Å²) < 4.78 is 5.32. The molecule has 1 aliphatic heterocycles. The van der Waals surface area contributed by atoms with E-state index >= 15 is 0 Å². The van der Waals surface area contributed by atoms with Crippen molar-refractivity contribution in [1.29, 1.82) is 0 Å². The van der Waals surface area contributed by atoms with E-state index in [1.165, 1.54) is 0 Å². The number of carbonyl (C=O) groups is 3. The third kappa shape index (κ3) is 6.19. The van der Waals surface area contributed by atoms with Crippen LogP contribution < -0.4 is 5.32 Å². The average molecular weight is 437 g/mol. The minimum atomic E-state index is -0.648. The lowest BCUT2D eigenvalue weighted by Gasteiger charge is -2.35. The normalized spacial score (nSPS) is 16.1. The molecule has 6 heteroatoms. The van der Waals surface area contributed by atoms with Crippen molar-refractivity contribution in [3.05, 3.63) is 71.8 Å². The van der Waals surface area contributed by atoms with E-state index in [2.05, 4.69) is 5.32 Å². The Balaban J connectivity index is 1.55. The van der Waals surface area contributed by atoms with Crippen LogP contribution >= 0.6 is 0 Å². The molecule has 6 nitrogen and oxygen atoms in total. The van der Waals surface area contributed by atoms with Gasteiger partial charge in [0.1, 0.15) is 12.6 Å². The standard InChI is InChI=1S/C26H32N2O4/c1-3-19(2)23(27-26(31)32-18-20-10-6-4-7-11-20)25(30)28-16-14-22(15-17-28)24(29)21-12-8-5-9-13-21/h4-13,19,22-23H,3,14-18H2,1-2H3,(H,27,31)/t19-,23-/m0/s1. The number of likely N-dealkylation sites (tertiary alicyclic amines) is 1. The van der Waals surface area contributed by atoms with Crippen LogP contribution in [0.2, 0.25) is 0 Å². The number of hydrogen-bond donors (Lipinski definition) is 1. The summed E-state index contributed by atoms with van der Waals surface area (Å²) in [5.41, 5.74) is 1.61. The Labute approximate surface area is 189 Å². The van der Waals surface area contributed by atoms with Crippen LogP contribution in [0.5, 0.6) is 0 Å². The predicted octanol–water partition coefficient (Wildman–Crippen LogP) is 4.45. The molecule has 32 heavy (non-hydrogen) atoms. The van der Waals surface area contributed by atoms with E-state index in [0.29, 0.717) is 25.9 Å². The van der Waals surface area contributed by atoms with E-state index in [4.69, 9.17) is 4.74 Å². The first-order valence-electron chi connectivity index (χ1n) is 11.3. The van der Waals surface area contributed by atoms with Crippen molar-refractivity contribution >= 4 is 17.8 Å². The fourth-order valence-electron chi connectivity index (χ4n) is 3.97. The summed E-state index contributed by atoms with van der Waals surface area (Å²) in [5, 5.41) is 2.78. The Morgan fingerprint density at radius 2 is 1.59 bits per heavy atom. The van der Waals surface area contributed by atoms with E-state index in [0.717, 1.165) is 17.5 Å². The molecule has 1 N–H and O–H groups in total. The molecule has 0 saturated carbocycles. The van der Waals surface area contributed by atoms with Crippen LogP contribution in [0.3, 0.4) is 0 Å². The van der Waals surface area contributed by atoms with Crippen molar-refractivity contribution in [2.24, 2.45) is 11.8 Å². The maximum absolute atomic E-state index is 13.2. The summed E-state index contributed by atoms with van der Waals surface area (Å²) >= 11 is 0. The number of piperidine rings is 1. The molecule has 2 atom stereocenters. The first-order valence-corrected chi connectivity index (χ1v) is 11.3. The fraction of sp³-hybridized carbons (Fsp3) is 0.423. The number of benzene rings is 2. The van der Waals surface area contributed by atoms with E-state index in [1.807, 2.05) is 74.5 Å². The van der Waals surface area contributed by atoms with E-state index in [1.54, 1.807) is 4.90 Å². The lowest BCUT2D eigenvalue weighted by atomic mass is 9.88. The number of carbonyl (C=O) groups excluding carboxylic acids is 3. The second-order valence-electron chi connectivity index (χ2n) is 8.40. The molecule has 0 aliphatic carbocycles. The van der Waals surface area contributed by atoms with Gasteiger partial charge in [0, 0.05) is 24.6 Å². The zero-order chi connectivity index (χ0) is 22.9. The Kier molecular flexibility index (Phi) is 8.42. The summed E-state index contributed by atoms with van der Waals surface area (Å²) in [6.45, 7) is 5.12. The number of nitrogens with one attached hydrogen (secondary N) is 1. The van der Waals surface area contributed by atoms with Gasteiger partial charge in [-0.2, -0.15) is 0 Å². The number of rotatable bonds is 8. The van der Waals surface area contributed by atoms with Crippen molar-refractivity contribution in [2.75, 3.05) is 13.1 Å². The Hall–Kier alpha value is -3.15. The zero-order valence-electron chi connectivity index (χ0n) is 18.8. The SMILES string of the molecule is CC[C@H](C)[C@H](NC(=O)OCc1ccccc1)C(=O)N1CCC(C(=O)c2ccccc2)CC1. The molecule has 1 heterocycles. The second kappa shape index (κ2) is 11.5. The molecule has 2 amide bonds. The van der Waals surface area contributed by atoms with Gasteiger partial charge < -0.3 is 15.0 Å². The monoisotopic (exact) mass is 436 g/mol. The molecule has 2 aromatic rings. The largest absolute Gasteiger partial charge is 0.445 e. The summed E-state index contributed by atoms with van der Waals surface area (Å²) in [6, 6.07) is 18.1. The van der Waals surface area contributed by atoms with Gasteiger partial charge in [-0.3, -0.25) is 9.59 Å². The molecular formula is C26H32N2O4. The van der Waals surface area contributed by atoms with Crippen LogP contribution in [0, 0.1) is 11.8 Å². The van der Waals surface area contributed by atoms with Gasteiger partial charge in [0.25, 0.3) is 0 Å². The van der Waals surface area contributed by atoms with Crippen LogP contribution in [0.15, 0.2) is 60.7 Å². The molecule has 0 bridgehead atoms. The maximum Gasteiger partial charge on any atom is 0.408 e. The summed E-state index contributed by atoms with van der Waals surface area (Å²) in [4.78, 5) is 40.1. The van der Waals surface area contributed by atoms with Crippen LogP contribution in [-0.2, 0) is 16.1 Å². The van der Waals surface area contributed by atoms with Gasteiger partial charge in [-0.15, -0.1) is 0 Å². The molecule has 1 saturated heterocycles. The Morgan fingerprint density at radius 3 is 2.19 bits per heavy atom. The van der Waals surface area contributed by atoms with Gasteiger partial charge in [0.2, 0.25) is 5.91 Å². The predicted molar refractivity (Wildman–Crippen MR) is 123 cm³/mol. The minimum Gasteiger partial charge on any atom is -0.445 e. The highest BCUT2D eigenvalue weighted by Crippen LogP contribution is 2.23. The third-order valence-corrected chi connectivity index (χ3v) is 6.20. The van der Waals surface area contributed by atoms with Crippen LogP contribution in [0.4, 0.5) is 4.79 Å². The van der Waals surface area contributed by atoms with Gasteiger partial charge in [-0.25, -0.2) is 4.79 Å². The maximum atomic E-state index is 13.2. The molecule has 1 aliphatic rings. The van der Waals surface area contributed by atoms with Crippen LogP contribution in [0.1, 0.15) is 49.0 Å². The summed E-state index contributed by atoms with van der Waals surface area (Å²) in [7, 11) is 0. The number of alkyl carbamates (subject to hydrolysis) is 1. The topological polar surface area (TPSA) is 75.7 Å². The van der Waals surface area contributed by atoms with Crippen molar-refractivity contribution < 1.29 is 19.1 Å². The van der Waals surface area contributed by atoms with E-state index in [-0.39, 0.29) is 30.1 Å². The number of Topliss-reactive ketones (excluding diaryl/α,β-unsaturated/α-hetero) is 1. The molecule has 170 valence electrons. The quantitative estimate of drug-likeness (QED) is 0.621. The van der Waals surface area contributed by atoms with Crippen molar-refractivity contribution in [1.82, 2.24) is 10.2 Å². The lowest BCUT2D eigenvalue weighted by molar-refractivity contribution is -0.135. The molecule has 0 spiro atoms. The van der Waals surface area contributed by atoms with E-state index < -0.39 is 12.1 Å². The highest BCUT2D eigenvalue weighted by atomic mass is 16.5. The fourth-order valence-corrected chi connectivity index (χ4v) is 3.97. The Morgan fingerprint density at radius 1 is 1.00 bits per heavy atom. The number of ketones is 1. The highest BCUT2D eigenvalue weighted by Gasteiger charge is 2.34. The smallest absolute Gasteiger partial charge is 0.408 e. The van der Waals surface area contributed by atoms with Crippen molar-refractivity contribution in [2.45, 2.75) is 45.8 Å². The molecule has 1 fully saturated rings. The van der Waals surface area contributed by atoms with Crippen molar-refractivity contribution in [3.8, 4) is 0 Å². The molecule has 0 radical (unpaired) electrons. The Bertz CT molecular complexity index is 893. The first kappa shape index (κ1) is 23.5. The van der Waals surface area contributed by atoms with Crippen molar-refractivity contribution in [3.63, 3.8) is 0 Å². The van der Waals surface area contributed by atoms with Gasteiger partial charge in [0.15, 0.2) is 5.78 Å². The highest BCUT2D eigenvalue weighted by molar-refractivity contribution is 5.98. The second-order valence-corrected chi connectivity index (χ2v) is 8.40. The lowest BCUT2D eigenvalue weighted by Crippen LogP contribution is -2.53. The van der Waals surface area contributed by atoms with Gasteiger partial charge in [-0.1, -0.05) is 80.9 Å². The molecule has 2 aromatic carbocycles. The summed E-state index contributed by atoms with van der Waals surface area (Å²) in [5.74, 6) is -0.0804. The first-order chi connectivity index (χ1) is 15.5. The number of hydrogen-bond acceptors (Lipinski definition) is 4. The number of ether oxygens (including phenoxy) is 1. The number of nitrogens with zero attached hydrogens (tertiary/aromatic N) is 1. The van der Waals surface area contributed by atoms with Crippen LogP contribution in [-0.4, -0.2) is 41.8 Å². The van der Waals surface area contributed by atoms with E-state index in [9.17, 15) is 14.4 Å². The van der Waals surface area contributed by atoms with Gasteiger partial charge in [0.05, 0.1) is 0 Å². The zero-order valence-corrected chi connectivity index (χ0v) is 18.8. The van der Waals surface area contributed by atoms with Gasteiger partial charge in [-0.05, 0) is 24.3 Å². The molecule has 0 aromatic heterocycles. The minimum absolute atomic E-state index is 0.0320. The van der Waals surface area contributed by atoms with Gasteiger partial charge >= 0.3 is 6.09 Å². The molecule has 3 rings (SSSR count). The molecule has 0 unspecified atom stereocenters. The van der Waals surface area contributed by atoms with Crippen LogP contribution in [0.25, 0.3) is 0 Å².